The fraction of sp³-hybridized carbons (Fsp3) is 0.375. The lowest BCUT2D eigenvalue weighted by Crippen LogP contribution is -2.09. The Bertz CT molecular complexity index is 628. The van der Waals surface area contributed by atoms with Crippen molar-refractivity contribution in [2.24, 2.45) is 5.92 Å². The van der Waals surface area contributed by atoms with Gasteiger partial charge >= 0.3 is 5.97 Å². The molecular formula is C16H20N2O3. The number of carboxylic acid groups (broad SMARTS) is 1. The number of aromatic nitrogens is 1. The summed E-state index contributed by atoms with van der Waals surface area (Å²) in [4.78, 5) is 15.8. The third-order valence-electron chi connectivity index (χ3n) is 3.44. The second kappa shape index (κ2) is 7.04. The molecule has 0 bridgehead atoms. The average molecular weight is 288 g/mol. The van der Waals surface area contributed by atoms with Crippen molar-refractivity contribution in [3.63, 3.8) is 0 Å². The molecule has 0 aliphatic carbocycles. The number of nitrogens with one attached hydrogen (secondary N) is 1. The van der Waals surface area contributed by atoms with Crippen molar-refractivity contribution in [2.75, 3.05) is 18.5 Å². The number of hydrogen-bond donors (Lipinski definition) is 3. The monoisotopic (exact) mass is 288 g/mol. The number of hydrogen-bond acceptors (Lipinski definition) is 4. The maximum absolute atomic E-state index is 11.3. The number of para-hydroxylation sites is 1. The van der Waals surface area contributed by atoms with Crippen LogP contribution in [0.2, 0.25) is 0 Å². The van der Waals surface area contributed by atoms with Crippen molar-refractivity contribution in [3.05, 3.63) is 35.9 Å². The molecular weight excluding hydrogens is 268 g/mol. The van der Waals surface area contributed by atoms with Gasteiger partial charge in [-0.05, 0) is 30.9 Å². The van der Waals surface area contributed by atoms with Gasteiger partial charge in [0.2, 0.25) is 0 Å². The van der Waals surface area contributed by atoms with Gasteiger partial charge in [-0.15, -0.1) is 0 Å². The van der Waals surface area contributed by atoms with Crippen LogP contribution in [0.15, 0.2) is 30.3 Å². The van der Waals surface area contributed by atoms with E-state index in [0.29, 0.717) is 23.3 Å². The normalized spacial score (nSPS) is 12.3. The van der Waals surface area contributed by atoms with Crippen LogP contribution in [0.25, 0.3) is 10.9 Å². The van der Waals surface area contributed by atoms with Crippen molar-refractivity contribution in [1.82, 2.24) is 4.98 Å². The Morgan fingerprint density at radius 3 is 2.86 bits per heavy atom. The van der Waals surface area contributed by atoms with E-state index in [-0.39, 0.29) is 18.1 Å². The van der Waals surface area contributed by atoms with E-state index >= 15 is 0 Å². The zero-order chi connectivity index (χ0) is 15.2. The van der Waals surface area contributed by atoms with Crippen molar-refractivity contribution in [1.29, 1.82) is 0 Å². The first-order valence-corrected chi connectivity index (χ1v) is 7.09. The Morgan fingerprint density at radius 1 is 1.38 bits per heavy atom. The number of nitrogens with zero attached hydrogens (tertiary/aromatic N) is 1. The van der Waals surface area contributed by atoms with Crippen LogP contribution in [0.4, 0.5) is 5.82 Å². The second-order valence-electron chi connectivity index (χ2n) is 5.23. The van der Waals surface area contributed by atoms with Crippen LogP contribution in [-0.2, 0) is 0 Å². The lowest BCUT2D eigenvalue weighted by Gasteiger charge is -2.10. The molecule has 0 fully saturated rings. The van der Waals surface area contributed by atoms with Crippen LogP contribution in [0.1, 0.15) is 30.1 Å². The van der Waals surface area contributed by atoms with Gasteiger partial charge in [0, 0.05) is 18.5 Å². The summed E-state index contributed by atoms with van der Waals surface area (Å²) in [5.41, 5.74) is 0.926. The number of pyridine rings is 1. The predicted octanol–water partition coefficient (Wildman–Crippen LogP) is 2.75. The summed E-state index contributed by atoms with van der Waals surface area (Å²) in [6.45, 7) is 2.89. The first-order valence-electron chi connectivity index (χ1n) is 7.09. The van der Waals surface area contributed by atoms with Gasteiger partial charge in [-0.3, -0.25) is 0 Å². The zero-order valence-corrected chi connectivity index (χ0v) is 12.0. The molecule has 2 aromatic rings. The fourth-order valence-electron chi connectivity index (χ4n) is 2.20. The maximum Gasteiger partial charge on any atom is 0.336 e. The smallest absolute Gasteiger partial charge is 0.336 e. The lowest BCUT2D eigenvalue weighted by molar-refractivity contribution is 0.0699. The van der Waals surface area contributed by atoms with Gasteiger partial charge in [-0.2, -0.15) is 0 Å². The van der Waals surface area contributed by atoms with Crippen molar-refractivity contribution < 1.29 is 15.0 Å². The number of carboxylic acids is 1. The van der Waals surface area contributed by atoms with Gasteiger partial charge in [0.15, 0.2) is 0 Å². The topological polar surface area (TPSA) is 82.5 Å². The molecule has 0 aliphatic heterocycles. The van der Waals surface area contributed by atoms with Crippen LogP contribution in [0.3, 0.4) is 0 Å². The SMILES string of the molecule is CC(CO)CCCNc1cc(C(=O)O)c2ccccc2n1. The molecule has 5 heteroatoms. The number of aliphatic hydroxyl groups is 1. The Kier molecular flexibility index (Phi) is 5.11. The van der Waals surface area contributed by atoms with Crippen LogP contribution < -0.4 is 5.32 Å². The predicted molar refractivity (Wildman–Crippen MR) is 82.7 cm³/mol. The molecule has 5 nitrogen and oxygen atoms in total. The van der Waals surface area contributed by atoms with E-state index in [1.807, 2.05) is 13.0 Å². The minimum absolute atomic E-state index is 0.192. The highest BCUT2D eigenvalue weighted by atomic mass is 16.4. The van der Waals surface area contributed by atoms with E-state index in [4.69, 9.17) is 5.11 Å². The molecule has 3 N–H and O–H groups in total. The summed E-state index contributed by atoms with van der Waals surface area (Å²) < 4.78 is 0. The summed E-state index contributed by atoms with van der Waals surface area (Å²) in [6.07, 6.45) is 1.82. The van der Waals surface area contributed by atoms with Crippen molar-refractivity contribution in [2.45, 2.75) is 19.8 Å². The van der Waals surface area contributed by atoms with Gasteiger partial charge in [-0.25, -0.2) is 9.78 Å². The van der Waals surface area contributed by atoms with E-state index in [1.54, 1.807) is 24.3 Å². The summed E-state index contributed by atoms with van der Waals surface area (Å²) in [5, 5.41) is 22.1. The number of aromatic carboxylic acids is 1. The Balaban J connectivity index is 2.12. The summed E-state index contributed by atoms with van der Waals surface area (Å²) in [7, 11) is 0. The molecule has 21 heavy (non-hydrogen) atoms. The quantitative estimate of drug-likeness (QED) is 0.682. The first kappa shape index (κ1) is 15.3. The highest BCUT2D eigenvalue weighted by molar-refractivity contribution is 6.03. The summed E-state index contributed by atoms with van der Waals surface area (Å²) in [5.74, 6) is -0.0979. The molecule has 1 aromatic carbocycles. The molecule has 0 radical (unpaired) electrons. The van der Waals surface area contributed by atoms with Crippen molar-refractivity contribution >= 4 is 22.7 Å². The molecule has 0 saturated heterocycles. The van der Waals surface area contributed by atoms with Gasteiger partial charge in [0.25, 0.3) is 0 Å². The molecule has 1 heterocycles. The van der Waals surface area contributed by atoms with Crippen LogP contribution in [-0.4, -0.2) is 34.3 Å². The number of carbonyl (C=O) groups is 1. The number of anilines is 1. The van der Waals surface area contributed by atoms with Crippen LogP contribution in [0.5, 0.6) is 0 Å². The molecule has 0 aliphatic rings. The van der Waals surface area contributed by atoms with Crippen LogP contribution >= 0.6 is 0 Å². The number of aliphatic hydroxyl groups excluding tert-OH is 1. The minimum Gasteiger partial charge on any atom is -0.478 e. The van der Waals surface area contributed by atoms with E-state index in [9.17, 15) is 9.90 Å². The molecule has 112 valence electrons. The number of benzene rings is 1. The minimum atomic E-state index is -0.953. The van der Waals surface area contributed by atoms with E-state index in [1.165, 1.54) is 0 Å². The molecule has 1 unspecified atom stereocenters. The fourth-order valence-corrected chi connectivity index (χ4v) is 2.20. The average Bonchev–Trinajstić information content (AvgIpc) is 2.50. The van der Waals surface area contributed by atoms with Gasteiger partial charge in [-0.1, -0.05) is 25.1 Å². The Hall–Kier alpha value is -2.14. The highest BCUT2D eigenvalue weighted by Gasteiger charge is 2.11. The van der Waals surface area contributed by atoms with E-state index in [2.05, 4.69) is 10.3 Å². The standard InChI is InChI=1S/C16H20N2O3/c1-11(10-19)5-4-8-17-15-9-13(16(20)21)12-6-2-3-7-14(12)18-15/h2-3,6-7,9,11,19H,4-5,8,10H2,1H3,(H,17,18)(H,20,21). The highest BCUT2D eigenvalue weighted by Crippen LogP contribution is 2.20. The number of fused-ring (bicyclic) bond motifs is 1. The lowest BCUT2D eigenvalue weighted by atomic mass is 10.1. The maximum atomic E-state index is 11.3. The van der Waals surface area contributed by atoms with Gasteiger partial charge in [0.1, 0.15) is 5.82 Å². The van der Waals surface area contributed by atoms with Gasteiger partial charge < -0.3 is 15.5 Å². The Labute approximate surface area is 123 Å². The van der Waals surface area contributed by atoms with E-state index in [0.717, 1.165) is 12.8 Å². The third kappa shape index (κ3) is 3.92. The summed E-state index contributed by atoms with van der Waals surface area (Å²) >= 11 is 0. The van der Waals surface area contributed by atoms with Crippen molar-refractivity contribution in [3.8, 4) is 0 Å². The summed E-state index contributed by atoms with van der Waals surface area (Å²) in [6, 6.07) is 8.78. The molecule has 2 rings (SSSR count). The second-order valence-corrected chi connectivity index (χ2v) is 5.23. The largest absolute Gasteiger partial charge is 0.478 e. The number of rotatable bonds is 7. The van der Waals surface area contributed by atoms with Gasteiger partial charge in [0.05, 0.1) is 11.1 Å². The van der Waals surface area contributed by atoms with E-state index < -0.39 is 5.97 Å². The molecule has 0 amide bonds. The third-order valence-corrected chi connectivity index (χ3v) is 3.44. The Morgan fingerprint density at radius 2 is 2.14 bits per heavy atom. The first-order chi connectivity index (χ1) is 10.1. The molecule has 1 aromatic heterocycles. The van der Waals surface area contributed by atoms with Crippen LogP contribution in [0, 0.1) is 5.92 Å². The molecule has 0 saturated carbocycles. The zero-order valence-electron chi connectivity index (χ0n) is 12.0. The molecule has 1 atom stereocenters. The molecule has 0 spiro atoms.